The van der Waals surface area contributed by atoms with E-state index >= 15 is 0 Å². The van der Waals surface area contributed by atoms with Gasteiger partial charge in [0.1, 0.15) is 22.4 Å². The van der Waals surface area contributed by atoms with Crippen molar-refractivity contribution in [1.82, 2.24) is 9.80 Å². The fraction of sp³-hybridized carbons (Fsp3) is 0.303. The van der Waals surface area contributed by atoms with Crippen LogP contribution in [-0.2, 0) is 20.7 Å². The van der Waals surface area contributed by atoms with E-state index in [1.807, 2.05) is 0 Å². The zero-order valence-electron chi connectivity index (χ0n) is 24.4. The predicted octanol–water partition coefficient (Wildman–Crippen LogP) is 5.64. The van der Waals surface area contributed by atoms with Crippen molar-refractivity contribution < 1.29 is 37.7 Å². The fourth-order valence-corrected chi connectivity index (χ4v) is 6.22. The SMILES string of the molecule is O=C(O)Cc1cccc(OCCCN2C(=O)/C(=C/c3cc(-c4ccc(F)c(F)c4)ccc3OCCN3CCOCC3)SC2=S)c1. The number of thioether (sulfide) groups is 1. The van der Waals surface area contributed by atoms with Gasteiger partial charge >= 0.3 is 5.97 Å². The highest BCUT2D eigenvalue weighted by molar-refractivity contribution is 8.26. The van der Waals surface area contributed by atoms with Crippen molar-refractivity contribution >= 4 is 46.3 Å². The minimum atomic E-state index is -0.947. The molecule has 0 atom stereocenters. The summed E-state index contributed by atoms with van der Waals surface area (Å²) in [5, 5.41) is 9.01. The number of carbonyl (C=O) groups is 2. The van der Waals surface area contributed by atoms with Crippen LogP contribution in [0.5, 0.6) is 11.5 Å². The third-order valence-corrected chi connectivity index (χ3v) is 8.62. The molecule has 0 saturated carbocycles. The first-order chi connectivity index (χ1) is 21.8. The maximum atomic E-state index is 14.0. The molecule has 0 aromatic heterocycles. The number of hydrogen-bond acceptors (Lipinski definition) is 8. The molecule has 2 heterocycles. The molecular formula is C33H32F2N2O6S2. The van der Waals surface area contributed by atoms with Gasteiger partial charge in [-0.3, -0.25) is 19.4 Å². The molecule has 2 saturated heterocycles. The van der Waals surface area contributed by atoms with Crippen molar-refractivity contribution in [3.63, 3.8) is 0 Å². The quantitative estimate of drug-likeness (QED) is 0.143. The van der Waals surface area contributed by atoms with Gasteiger partial charge in [0.05, 0.1) is 31.1 Å². The molecule has 3 aromatic carbocycles. The van der Waals surface area contributed by atoms with E-state index in [4.69, 9.17) is 31.5 Å². The lowest BCUT2D eigenvalue weighted by molar-refractivity contribution is -0.136. The van der Waals surface area contributed by atoms with Gasteiger partial charge in [0.2, 0.25) is 0 Å². The molecule has 2 aliphatic heterocycles. The molecule has 8 nitrogen and oxygen atoms in total. The summed E-state index contributed by atoms with van der Waals surface area (Å²) in [5.41, 5.74) is 2.38. The topological polar surface area (TPSA) is 88.5 Å². The van der Waals surface area contributed by atoms with Crippen molar-refractivity contribution in [2.75, 3.05) is 52.6 Å². The standard InChI is InChI=1S/C33H32F2N2O6S2/c34-27-7-5-24(20-28(27)35)23-6-8-29(43-16-12-36-10-14-41-15-11-36)25(19-23)21-30-32(40)37(33(44)45-30)9-2-13-42-26-4-1-3-22(17-26)18-31(38)39/h1,3-8,17,19-21H,2,9-16,18H2,(H,38,39)/b30-21-. The maximum absolute atomic E-state index is 14.0. The van der Waals surface area contributed by atoms with Gasteiger partial charge < -0.3 is 19.3 Å². The molecule has 0 aliphatic carbocycles. The van der Waals surface area contributed by atoms with E-state index in [0.717, 1.165) is 25.2 Å². The third kappa shape index (κ3) is 8.88. The van der Waals surface area contributed by atoms with Gasteiger partial charge in [0.15, 0.2) is 11.6 Å². The van der Waals surface area contributed by atoms with E-state index in [1.165, 1.54) is 22.7 Å². The Hall–Kier alpha value is -3.84. The second-order valence-corrected chi connectivity index (χ2v) is 12.1. The molecule has 0 spiro atoms. The number of aliphatic carboxylic acids is 1. The number of benzene rings is 3. The molecule has 2 fully saturated rings. The van der Waals surface area contributed by atoms with Crippen LogP contribution in [-0.4, -0.2) is 83.7 Å². The van der Waals surface area contributed by atoms with Crippen LogP contribution in [0, 0.1) is 11.6 Å². The average molecular weight is 655 g/mol. The summed E-state index contributed by atoms with van der Waals surface area (Å²) < 4.78 is 45.4. The third-order valence-electron chi connectivity index (χ3n) is 7.24. The Bertz CT molecular complexity index is 1600. The first-order valence-corrected chi connectivity index (χ1v) is 15.7. The van der Waals surface area contributed by atoms with Crippen LogP contribution in [0.3, 0.4) is 0 Å². The summed E-state index contributed by atoms with van der Waals surface area (Å²) >= 11 is 6.71. The largest absolute Gasteiger partial charge is 0.494 e. The Labute approximate surface area is 269 Å². The highest BCUT2D eigenvalue weighted by Gasteiger charge is 2.32. The van der Waals surface area contributed by atoms with Crippen molar-refractivity contribution in [1.29, 1.82) is 0 Å². The van der Waals surface area contributed by atoms with E-state index < -0.39 is 17.6 Å². The molecule has 2 aliphatic rings. The van der Waals surface area contributed by atoms with Gasteiger partial charge in [-0.05, 0) is 65.6 Å². The molecular weight excluding hydrogens is 623 g/mol. The van der Waals surface area contributed by atoms with Crippen molar-refractivity contribution in [3.05, 3.63) is 88.3 Å². The first kappa shape index (κ1) is 32.6. The molecule has 3 aromatic rings. The molecule has 236 valence electrons. The minimum absolute atomic E-state index is 0.0929. The molecule has 5 rings (SSSR count). The van der Waals surface area contributed by atoms with Crippen molar-refractivity contribution in [2.45, 2.75) is 12.8 Å². The summed E-state index contributed by atoms with van der Waals surface area (Å²) in [4.78, 5) is 28.6. The summed E-state index contributed by atoms with van der Waals surface area (Å²) in [6, 6.07) is 16.0. The summed E-state index contributed by atoms with van der Waals surface area (Å²) in [7, 11) is 0. The Morgan fingerprint density at radius 1 is 0.978 bits per heavy atom. The second kappa shape index (κ2) is 15.4. The Morgan fingerprint density at radius 2 is 1.76 bits per heavy atom. The number of rotatable bonds is 13. The lowest BCUT2D eigenvalue weighted by Crippen LogP contribution is -2.38. The minimum Gasteiger partial charge on any atom is -0.494 e. The summed E-state index contributed by atoms with van der Waals surface area (Å²) in [6.07, 6.45) is 2.13. The Kier molecular flexibility index (Phi) is 11.2. The van der Waals surface area contributed by atoms with E-state index in [0.29, 0.717) is 88.9 Å². The number of carbonyl (C=O) groups excluding carboxylic acids is 1. The number of carboxylic acids is 1. The zero-order valence-corrected chi connectivity index (χ0v) is 26.0. The average Bonchev–Trinajstić information content (AvgIpc) is 3.29. The Morgan fingerprint density at radius 3 is 2.53 bits per heavy atom. The van der Waals surface area contributed by atoms with Crippen LogP contribution in [0.25, 0.3) is 17.2 Å². The highest BCUT2D eigenvalue weighted by atomic mass is 32.2. The van der Waals surface area contributed by atoms with Crippen molar-refractivity contribution in [3.8, 4) is 22.6 Å². The fourth-order valence-electron chi connectivity index (χ4n) is 4.92. The number of ether oxygens (including phenoxy) is 3. The van der Waals surface area contributed by atoms with E-state index in [9.17, 15) is 18.4 Å². The number of thiocarbonyl (C=S) groups is 1. The van der Waals surface area contributed by atoms with E-state index in [2.05, 4.69) is 4.90 Å². The summed E-state index contributed by atoms with van der Waals surface area (Å²) in [6.45, 7) is 4.81. The highest BCUT2D eigenvalue weighted by Crippen LogP contribution is 2.36. The van der Waals surface area contributed by atoms with Gasteiger partial charge in [-0.25, -0.2) is 8.78 Å². The van der Waals surface area contributed by atoms with Gasteiger partial charge in [0.25, 0.3) is 5.91 Å². The molecule has 1 N–H and O–H groups in total. The molecule has 1 amide bonds. The van der Waals surface area contributed by atoms with Gasteiger partial charge in [-0.15, -0.1) is 0 Å². The normalized spacial score (nSPS) is 16.4. The predicted molar refractivity (Wildman–Crippen MR) is 172 cm³/mol. The van der Waals surface area contributed by atoms with E-state index in [-0.39, 0.29) is 12.3 Å². The summed E-state index contributed by atoms with van der Waals surface area (Å²) in [5.74, 6) is -1.93. The van der Waals surface area contributed by atoms with Crippen LogP contribution < -0.4 is 9.47 Å². The molecule has 0 bridgehead atoms. The lowest BCUT2D eigenvalue weighted by atomic mass is 10.0. The number of amides is 1. The van der Waals surface area contributed by atoms with Crippen molar-refractivity contribution in [2.24, 2.45) is 0 Å². The first-order valence-electron chi connectivity index (χ1n) is 14.5. The lowest BCUT2D eigenvalue weighted by Gasteiger charge is -2.26. The van der Waals surface area contributed by atoms with Crippen LogP contribution in [0.2, 0.25) is 0 Å². The maximum Gasteiger partial charge on any atom is 0.307 e. The zero-order chi connectivity index (χ0) is 31.8. The van der Waals surface area contributed by atoms with Crippen LogP contribution in [0.4, 0.5) is 8.78 Å². The number of halogens is 2. The Balaban J connectivity index is 1.27. The van der Waals surface area contributed by atoms with Crippen LogP contribution in [0.15, 0.2) is 65.6 Å². The molecule has 0 radical (unpaired) electrons. The van der Waals surface area contributed by atoms with Gasteiger partial charge in [-0.1, -0.05) is 48.2 Å². The number of carboxylic acid groups (broad SMARTS) is 1. The van der Waals surface area contributed by atoms with Gasteiger partial charge in [-0.2, -0.15) is 0 Å². The monoisotopic (exact) mass is 654 g/mol. The smallest absolute Gasteiger partial charge is 0.307 e. The van der Waals surface area contributed by atoms with Crippen LogP contribution >= 0.6 is 24.0 Å². The van der Waals surface area contributed by atoms with Gasteiger partial charge in [0, 0.05) is 31.7 Å². The van der Waals surface area contributed by atoms with E-state index in [1.54, 1.807) is 48.5 Å². The molecule has 45 heavy (non-hydrogen) atoms. The number of morpholine rings is 1. The second-order valence-electron chi connectivity index (χ2n) is 10.4. The molecule has 0 unspecified atom stereocenters. The molecule has 12 heteroatoms. The number of nitrogens with zero attached hydrogens (tertiary/aromatic N) is 2. The van der Waals surface area contributed by atoms with Crippen LogP contribution in [0.1, 0.15) is 17.5 Å². The number of hydrogen-bond donors (Lipinski definition) is 1.